The van der Waals surface area contributed by atoms with E-state index in [1.165, 1.54) is 0 Å². The van der Waals surface area contributed by atoms with Crippen molar-refractivity contribution in [3.8, 4) is 0 Å². The fraction of sp³-hybridized carbons (Fsp3) is 0.150. The first-order chi connectivity index (χ1) is 12.6. The molecule has 1 amide bonds. The largest absolute Gasteiger partial charge is 0.273 e. The van der Waals surface area contributed by atoms with E-state index in [1.54, 1.807) is 18.5 Å². The maximum Gasteiger partial charge on any atom is 0.243 e. The van der Waals surface area contributed by atoms with Gasteiger partial charge in [0.15, 0.2) is 0 Å². The van der Waals surface area contributed by atoms with Gasteiger partial charge < -0.3 is 0 Å². The number of nitrogens with one attached hydrogen (secondary N) is 1. The Hall–Kier alpha value is -2.43. The lowest BCUT2D eigenvalue weighted by Gasteiger charge is -2.02. The second-order valence-corrected chi connectivity index (χ2v) is 7.16. The zero-order chi connectivity index (χ0) is 18.1. The van der Waals surface area contributed by atoms with Gasteiger partial charge in [0.05, 0.1) is 16.8 Å². The monoisotopic (exact) mass is 383 g/mol. The third-order valence-electron chi connectivity index (χ3n) is 4.47. The molecule has 0 radical (unpaired) electrons. The lowest BCUT2D eigenvalue weighted by atomic mass is 10.1. The molecule has 0 saturated heterocycles. The molecule has 1 saturated carbocycles. The topological polar surface area (TPSA) is 54.4 Å². The third kappa shape index (κ3) is 3.57. The first-order valence-corrected chi connectivity index (χ1v) is 9.00. The molecular weight excluding hydrogens is 369 g/mol. The molecule has 1 N–H and O–H groups in total. The van der Waals surface area contributed by atoms with Gasteiger partial charge in [-0.15, -0.1) is 0 Å². The van der Waals surface area contributed by atoms with Crippen LogP contribution in [0.25, 0.3) is 10.9 Å². The lowest BCUT2D eigenvalue weighted by molar-refractivity contribution is -0.122. The van der Waals surface area contributed by atoms with Gasteiger partial charge in [-0.1, -0.05) is 41.4 Å². The van der Waals surface area contributed by atoms with Crippen LogP contribution in [0.1, 0.15) is 23.5 Å². The number of amides is 1. The van der Waals surface area contributed by atoms with Crippen LogP contribution in [0, 0.1) is 5.92 Å². The Morgan fingerprint density at radius 3 is 2.92 bits per heavy atom. The molecule has 3 aromatic rings. The molecule has 1 fully saturated rings. The van der Waals surface area contributed by atoms with Crippen molar-refractivity contribution in [2.45, 2.75) is 12.3 Å². The Morgan fingerprint density at radius 2 is 2.08 bits per heavy atom. The first-order valence-electron chi connectivity index (χ1n) is 8.24. The molecule has 0 bridgehead atoms. The van der Waals surface area contributed by atoms with E-state index in [0.717, 1.165) is 28.5 Å². The molecule has 2 aromatic carbocycles. The van der Waals surface area contributed by atoms with Crippen LogP contribution in [0.3, 0.4) is 0 Å². The minimum atomic E-state index is -0.0835. The molecule has 1 aliphatic carbocycles. The second kappa shape index (κ2) is 7.06. The van der Waals surface area contributed by atoms with E-state index in [-0.39, 0.29) is 17.7 Å². The minimum Gasteiger partial charge on any atom is -0.273 e. The number of hydrazone groups is 1. The van der Waals surface area contributed by atoms with Gasteiger partial charge in [0, 0.05) is 22.5 Å². The van der Waals surface area contributed by atoms with Crippen LogP contribution in [0.15, 0.2) is 59.8 Å². The number of halogens is 2. The molecule has 0 aliphatic heterocycles. The molecule has 6 heteroatoms. The quantitative estimate of drug-likeness (QED) is 0.519. The predicted molar refractivity (Wildman–Crippen MR) is 105 cm³/mol. The number of carbonyl (C=O) groups excluding carboxylic acids is 1. The molecule has 2 atom stereocenters. The van der Waals surface area contributed by atoms with Gasteiger partial charge >= 0.3 is 0 Å². The molecule has 1 aliphatic rings. The standard InChI is InChI=1S/C20H15Cl2N3O/c21-15-5-1-3-13(9-15)16-10-17(16)20(26)25-24-11-12-7-14-4-2-6-23-19(14)18(22)8-12/h1-9,11,16-17H,10H2,(H,25,26)/t16-,17+/m0/s1. The van der Waals surface area contributed by atoms with Crippen molar-refractivity contribution in [1.82, 2.24) is 10.4 Å². The van der Waals surface area contributed by atoms with Crippen LogP contribution in [-0.2, 0) is 4.79 Å². The summed E-state index contributed by atoms with van der Waals surface area (Å²) in [7, 11) is 0. The zero-order valence-electron chi connectivity index (χ0n) is 13.7. The average Bonchev–Trinajstić information content (AvgIpc) is 3.43. The van der Waals surface area contributed by atoms with Crippen LogP contribution in [0.4, 0.5) is 0 Å². The summed E-state index contributed by atoms with van der Waals surface area (Å²) in [5.41, 5.74) is 5.26. The summed E-state index contributed by atoms with van der Waals surface area (Å²) in [5.74, 6) is 0.0693. The van der Waals surface area contributed by atoms with Crippen molar-refractivity contribution in [2.75, 3.05) is 0 Å². The second-order valence-electron chi connectivity index (χ2n) is 6.32. The van der Waals surface area contributed by atoms with E-state index >= 15 is 0 Å². The smallest absolute Gasteiger partial charge is 0.243 e. The lowest BCUT2D eigenvalue weighted by Crippen LogP contribution is -2.20. The molecule has 0 spiro atoms. The Morgan fingerprint density at radius 1 is 1.19 bits per heavy atom. The number of pyridine rings is 1. The van der Waals surface area contributed by atoms with Crippen molar-refractivity contribution < 1.29 is 4.79 Å². The number of fused-ring (bicyclic) bond motifs is 1. The molecule has 4 nitrogen and oxygen atoms in total. The van der Waals surface area contributed by atoms with Crippen LogP contribution in [0.2, 0.25) is 10.0 Å². The normalized spacial score (nSPS) is 19.0. The summed E-state index contributed by atoms with van der Waals surface area (Å²) in [6, 6.07) is 15.1. The molecule has 1 heterocycles. The summed E-state index contributed by atoms with van der Waals surface area (Å²) in [6.45, 7) is 0. The number of nitrogens with zero attached hydrogens (tertiary/aromatic N) is 2. The van der Waals surface area contributed by atoms with Crippen LogP contribution < -0.4 is 5.43 Å². The Bertz CT molecular complexity index is 1020. The van der Waals surface area contributed by atoms with Gasteiger partial charge in [0.2, 0.25) is 5.91 Å². The maximum atomic E-state index is 12.2. The van der Waals surface area contributed by atoms with Gasteiger partial charge in [-0.2, -0.15) is 5.10 Å². The van der Waals surface area contributed by atoms with Crippen molar-refractivity contribution in [1.29, 1.82) is 0 Å². The number of rotatable bonds is 4. The van der Waals surface area contributed by atoms with Gasteiger partial charge in [0.1, 0.15) is 0 Å². The van der Waals surface area contributed by atoms with Crippen molar-refractivity contribution in [3.05, 3.63) is 75.9 Å². The van der Waals surface area contributed by atoms with E-state index < -0.39 is 0 Å². The Balaban J connectivity index is 1.41. The maximum absolute atomic E-state index is 12.2. The summed E-state index contributed by atoms with van der Waals surface area (Å²) in [6.07, 6.45) is 4.11. The van der Waals surface area contributed by atoms with E-state index in [2.05, 4.69) is 15.5 Å². The predicted octanol–water partition coefficient (Wildman–Crippen LogP) is 4.80. The summed E-state index contributed by atoms with van der Waals surface area (Å²) < 4.78 is 0. The molecule has 1 aromatic heterocycles. The highest BCUT2D eigenvalue weighted by Crippen LogP contribution is 2.47. The van der Waals surface area contributed by atoms with Crippen molar-refractivity contribution in [2.24, 2.45) is 11.0 Å². The van der Waals surface area contributed by atoms with Crippen molar-refractivity contribution in [3.63, 3.8) is 0 Å². The van der Waals surface area contributed by atoms with Crippen molar-refractivity contribution >= 4 is 46.2 Å². The molecule has 4 rings (SSSR count). The summed E-state index contributed by atoms with van der Waals surface area (Å²) in [4.78, 5) is 16.5. The van der Waals surface area contributed by atoms with Crippen LogP contribution in [0.5, 0.6) is 0 Å². The summed E-state index contributed by atoms with van der Waals surface area (Å²) in [5, 5.41) is 6.24. The van der Waals surface area contributed by atoms with E-state index in [1.807, 2.05) is 42.5 Å². The number of carbonyl (C=O) groups is 1. The molecule has 130 valence electrons. The number of aromatic nitrogens is 1. The Labute approximate surface area is 160 Å². The van der Waals surface area contributed by atoms with Crippen LogP contribution >= 0.6 is 23.2 Å². The highest BCUT2D eigenvalue weighted by molar-refractivity contribution is 6.35. The highest BCUT2D eigenvalue weighted by atomic mass is 35.5. The zero-order valence-corrected chi connectivity index (χ0v) is 15.2. The van der Waals surface area contributed by atoms with E-state index in [0.29, 0.717) is 10.0 Å². The van der Waals surface area contributed by atoms with E-state index in [9.17, 15) is 4.79 Å². The number of hydrogen-bond acceptors (Lipinski definition) is 3. The van der Waals surface area contributed by atoms with E-state index in [4.69, 9.17) is 23.2 Å². The third-order valence-corrected chi connectivity index (χ3v) is 5.00. The SMILES string of the molecule is O=C(NN=Cc1cc(Cl)c2ncccc2c1)[C@@H]1C[C@H]1c1cccc(Cl)c1. The fourth-order valence-corrected chi connectivity index (χ4v) is 3.57. The minimum absolute atomic E-state index is 0.0602. The van der Waals surface area contributed by atoms with Gasteiger partial charge in [-0.25, -0.2) is 5.43 Å². The summed E-state index contributed by atoms with van der Waals surface area (Å²) >= 11 is 12.3. The van der Waals surface area contributed by atoms with Crippen LogP contribution in [-0.4, -0.2) is 17.1 Å². The van der Waals surface area contributed by atoms with Gasteiger partial charge in [0.25, 0.3) is 0 Å². The number of benzene rings is 2. The first kappa shape index (κ1) is 17.0. The molecular formula is C20H15Cl2N3O. The van der Waals surface area contributed by atoms with Gasteiger partial charge in [-0.05, 0) is 53.8 Å². The van der Waals surface area contributed by atoms with Gasteiger partial charge in [-0.3, -0.25) is 9.78 Å². The average molecular weight is 384 g/mol. The molecule has 0 unspecified atom stereocenters. The Kier molecular flexibility index (Phi) is 4.62. The molecule has 26 heavy (non-hydrogen) atoms. The fourth-order valence-electron chi connectivity index (χ4n) is 3.09. The highest BCUT2D eigenvalue weighted by Gasteiger charge is 2.43. The number of hydrogen-bond donors (Lipinski definition) is 1.